The predicted octanol–water partition coefficient (Wildman–Crippen LogP) is -0.106. The summed E-state index contributed by atoms with van der Waals surface area (Å²) in [5.74, 6) is 0. The van der Waals surface area contributed by atoms with Crippen LogP contribution in [0.3, 0.4) is 0 Å². The molecular formula is C19H39NO7. The summed E-state index contributed by atoms with van der Waals surface area (Å²) in [5, 5.41) is 51.7. The van der Waals surface area contributed by atoms with Crippen LogP contribution in [-0.4, -0.2) is 88.6 Å². The van der Waals surface area contributed by atoms with Gasteiger partial charge in [-0.1, -0.05) is 51.9 Å². The highest BCUT2D eigenvalue weighted by molar-refractivity contribution is 4.89. The number of rotatable bonds is 15. The molecule has 162 valence electrons. The first-order valence-corrected chi connectivity index (χ1v) is 10.3. The Hall–Kier alpha value is -0.320. The fraction of sp³-hybridized carbons (Fsp3) is 1.00. The molecule has 0 aromatic carbocycles. The third-order valence-electron chi connectivity index (χ3n) is 4.91. The molecule has 0 spiro atoms. The second-order valence-corrected chi connectivity index (χ2v) is 7.36. The lowest BCUT2D eigenvalue weighted by molar-refractivity contribution is -0.298. The standard InChI is InChI=1S/C19H39NO7/c1-2-3-4-5-6-7-8-9-10-20-11-14(22)13-26-18-17(24)16(23)15(12-21)27-19(18)25/h14-25H,2-13H2,1H3/t14?,15-,16+,17+,18-,19-/m1/s1. The van der Waals surface area contributed by atoms with Crippen LogP contribution in [0.25, 0.3) is 0 Å². The minimum absolute atomic E-state index is 0.108. The van der Waals surface area contributed by atoms with Crippen molar-refractivity contribution >= 4 is 0 Å². The van der Waals surface area contributed by atoms with Crippen molar-refractivity contribution in [3.8, 4) is 0 Å². The van der Waals surface area contributed by atoms with Crippen molar-refractivity contribution in [1.82, 2.24) is 5.32 Å². The molecule has 1 aliphatic heterocycles. The summed E-state index contributed by atoms with van der Waals surface area (Å²) >= 11 is 0. The molecule has 0 aromatic heterocycles. The minimum Gasteiger partial charge on any atom is -0.394 e. The van der Waals surface area contributed by atoms with Crippen LogP contribution in [0.2, 0.25) is 0 Å². The van der Waals surface area contributed by atoms with Gasteiger partial charge in [0.05, 0.1) is 19.3 Å². The lowest BCUT2D eigenvalue weighted by atomic mass is 9.99. The van der Waals surface area contributed by atoms with Crippen molar-refractivity contribution in [2.24, 2.45) is 0 Å². The number of unbranched alkanes of at least 4 members (excludes halogenated alkanes) is 7. The van der Waals surface area contributed by atoms with Gasteiger partial charge < -0.3 is 40.3 Å². The zero-order valence-electron chi connectivity index (χ0n) is 16.5. The molecule has 0 amide bonds. The fourth-order valence-corrected chi connectivity index (χ4v) is 3.19. The molecule has 1 aliphatic rings. The van der Waals surface area contributed by atoms with Gasteiger partial charge in [0.15, 0.2) is 6.29 Å². The second-order valence-electron chi connectivity index (χ2n) is 7.36. The quantitative estimate of drug-likeness (QED) is 0.213. The van der Waals surface area contributed by atoms with Gasteiger partial charge in [0.25, 0.3) is 0 Å². The summed E-state index contributed by atoms with van der Waals surface area (Å²) in [6.45, 7) is 2.75. The van der Waals surface area contributed by atoms with Crippen LogP contribution in [0.5, 0.6) is 0 Å². The van der Waals surface area contributed by atoms with E-state index in [9.17, 15) is 20.4 Å². The lowest BCUT2D eigenvalue weighted by Gasteiger charge is -2.40. The maximum Gasteiger partial charge on any atom is 0.184 e. The van der Waals surface area contributed by atoms with Gasteiger partial charge in [0, 0.05) is 6.54 Å². The normalized spacial score (nSPS) is 29.8. The highest BCUT2D eigenvalue weighted by Gasteiger charge is 2.44. The van der Waals surface area contributed by atoms with E-state index in [0.717, 1.165) is 13.0 Å². The van der Waals surface area contributed by atoms with Gasteiger partial charge >= 0.3 is 0 Å². The van der Waals surface area contributed by atoms with E-state index in [1.54, 1.807) is 0 Å². The Morgan fingerprint density at radius 3 is 2.22 bits per heavy atom. The Morgan fingerprint density at radius 2 is 1.59 bits per heavy atom. The van der Waals surface area contributed by atoms with Crippen molar-refractivity contribution in [1.29, 1.82) is 0 Å². The smallest absolute Gasteiger partial charge is 0.184 e. The van der Waals surface area contributed by atoms with E-state index in [-0.39, 0.29) is 6.61 Å². The molecular weight excluding hydrogens is 354 g/mol. The largest absolute Gasteiger partial charge is 0.394 e. The van der Waals surface area contributed by atoms with E-state index in [2.05, 4.69) is 12.2 Å². The highest BCUT2D eigenvalue weighted by atomic mass is 16.7. The Morgan fingerprint density at radius 1 is 0.963 bits per heavy atom. The Bertz CT molecular complexity index is 361. The van der Waals surface area contributed by atoms with Crippen molar-refractivity contribution in [2.75, 3.05) is 26.3 Å². The summed E-state index contributed by atoms with van der Waals surface area (Å²) in [5.41, 5.74) is 0. The number of hydrogen-bond donors (Lipinski definition) is 6. The number of aliphatic hydroxyl groups excluding tert-OH is 5. The molecule has 1 heterocycles. The molecule has 0 radical (unpaired) electrons. The van der Waals surface area contributed by atoms with Gasteiger partial charge in [0.1, 0.15) is 24.4 Å². The summed E-state index contributed by atoms with van der Waals surface area (Å²) in [4.78, 5) is 0. The van der Waals surface area contributed by atoms with Crippen LogP contribution in [0.4, 0.5) is 0 Å². The van der Waals surface area contributed by atoms with E-state index in [4.69, 9.17) is 14.6 Å². The van der Waals surface area contributed by atoms with Crippen LogP contribution in [-0.2, 0) is 9.47 Å². The first-order valence-electron chi connectivity index (χ1n) is 10.3. The third-order valence-corrected chi connectivity index (χ3v) is 4.91. The van der Waals surface area contributed by atoms with Crippen LogP contribution in [0.1, 0.15) is 58.3 Å². The average molecular weight is 394 g/mol. The molecule has 6 atom stereocenters. The predicted molar refractivity (Wildman–Crippen MR) is 101 cm³/mol. The molecule has 0 saturated carbocycles. The maximum absolute atomic E-state index is 9.96. The fourth-order valence-electron chi connectivity index (χ4n) is 3.19. The molecule has 1 rings (SSSR count). The summed E-state index contributed by atoms with van der Waals surface area (Å²) < 4.78 is 10.3. The van der Waals surface area contributed by atoms with E-state index in [1.807, 2.05) is 0 Å². The Labute approximate surface area is 162 Å². The summed E-state index contributed by atoms with van der Waals surface area (Å²) in [6, 6.07) is 0. The Kier molecular flexibility index (Phi) is 13.4. The number of nitrogens with one attached hydrogen (secondary N) is 1. The molecule has 0 aromatic rings. The van der Waals surface area contributed by atoms with Crippen molar-refractivity contribution < 1.29 is 35.0 Å². The van der Waals surface area contributed by atoms with E-state index >= 15 is 0 Å². The monoisotopic (exact) mass is 393 g/mol. The topological polar surface area (TPSA) is 132 Å². The first kappa shape index (κ1) is 24.7. The van der Waals surface area contributed by atoms with Gasteiger partial charge in [-0.25, -0.2) is 0 Å². The molecule has 27 heavy (non-hydrogen) atoms. The van der Waals surface area contributed by atoms with E-state index < -0.39 is 43.4 Å². The van der Waals surface area contributed by atoms with Crippen LogP contribution >= 0.6 is 0 Å². The summed E-state index contributed by atoms with van der Waals surface area (Å²) in [7, 11) is 0. The van der Waals surface area contributed by atoms with Gasteiger partial charge in [0.2, 0.25) is 0 Å². The van der Waals surface area contributed by atoms with Gasteiger partial charge in [-0.3, -0.25) is 0 Å². The van der Waals surface area contributed by atoms with E-state index in [1.165, 1.54) is 44.9 Å². The maximum atomic E-state index is 9.96. The zero-order valence-corrected chi connectivity index (χ0v) is 16.5. The number of aliphatic hydroxyl groups is 5. The molecule has 8 nitrogen and oxygen atoms in total. The third kappa shape index (κ3) is 9.62. The van der Waals surface area contributed by atoms with Crippen molar-refractivity contribution in [2.45, 2.75) is 95.1 Å². The van der Waals surface area contributed by atoms with Crippen LogP contribution in [0, 0.1) is 0 Å². The van der Waals surface area contributed by atoms with Gasteiger partial charge in [-0.2, -0.15) is 0 Å². The zero-order chi connectivity index (χ0) is 20.1. The number of ether oxygens (including phenoxy) is 2. The SMILES string of the molecule is CCCCCCCCCCNCC(O)CO[C@@H]1[C@@H](O)[C@@H](O)[C@@H](CO)O[C@H]1O. The van der Waals surface area contributed by atoms with Gasteiger partial charge in [-0.05, 0) is 13.0 Å². The molecule has 8 heteroatoms. The van der Waals surface area contributed by atoms with Crippen molar-refractivity contribution in [3.05, 3.63) is 0 Å². The number of hydrogen-bond acceptors (Lipinski definition) is 8. The van der Waals surface area contributed by atoms with Gasteiger partial charge in [-0.15, -0.1) is 0 Å². The highest BCUT2D eigenvalue weighted by Crippen LogP contribution is 2.22. The van der Waals surface area contributed by atoms with Crippen molar-refractivity contribution in [3.63, 3.8) is 0 Å². The average Bonchev–Trinajstić information content (AvgIpc) is 2.66. The van der Waals surface area contributed by atoms with Crippen LogP contribution in [0.15, 0.2) is 0 Å². The molecule has 0 aliphatic carbocycles. The molecule has 6 N–H and O–H groups in total. The minimum atomic E-state index is -1.47. The van der Waals surface area contributed by atoms with Crippen LogP contribution < -0.4 is 5.32 Å². The lowest BCUT2D eigenvalue weighted by Crippen LogP contribution is -2.59. The molecule has 1 unspecified atom stereocenters. The molecule has 0 bridgehead atoms. The molecule has 1 saturated heterocycles. The first-order chi connectivity index (χ1) is 13.0. The molecule has 1 fully saturated rings. The second kappa shape index (κ2) is 14.6. The Balaban J connectivity index is 2.06. The van der Waals surface area contributed by atoms with E-state index in [0.29, 0.717) is 6.54 Å². The summed E-state index contributed by atoms with van der Waals surface area (Å²) in [6.07, 6.45) is 2.72.